The fraction of sp³-hybridized carbons (Fsp3) is 0.346. The van der Waals surface area contributed by atoms with E-state index in [0.717, 1.165) is 60.7 Å². The second-order valence-corrected chi connectivity index (χ2v) is 8.25. The van der Waals surface area contributed by atoms with Crippen LogP contribution in [0.25, 0.3) is 11.3 Å². The van der Waals surface area contributed by atoms with Crippen LogP contribution in [0.4, 0.5) is 5.82 Å². The third kappa shape index (κ3) is 5.25. The van der Waals surface area contributed by atoms with Gasteiger partial charge in [0.25, 0.3) is 0 Å². The number of hydrogen-bond donors (Lipinski definition) is 1. The molecule has 1 aromatic heterocycles. The lowest BCUT2D eigenvalue weighted by atomic mass is 9.96. The highest BCUT2D eigenvalue weighted by Crippen LogP contribution is 2.25. The predicted octanol–water partition coefficient (Wildman–Crippen LogP) is 4.04. The first kappa shape index (κ1) is 21.8. The van der Waals surface area contributed by atoms with Crippen molar-refractivity contribution in [1.82, 2.24) is 15.5 Å². The Kier molecular flexibility index (Phi) is 7.00. The zero-order chi connectivity index (χ0) is 22.3. The summed E-state index contributed by atoms with van der Waals surface area (Å²) in [5.41, 5.74) is 4.34. The molecule has 4 rings (SSSR count). The lowest BCUT2D eigenvalue weighted by Gasteiger charge is -2.31. The molecule has 166 valence electrons. The molecule has 0 saturated carbocycles. The van der Waals surface area contributed by atoms with Crippen LogP contribution in [-0.2, 0) is 11.2 Å². The predicted molar refractivity (Wildman–Crippen MR) is 127 cm³/mol. The summed E-state index contributed by atoms with van der Waals surface area (Å²) in [4.78, 5) is 14.8. The Morgan fingerprint density at radius 1 is 1.06 bits per heavy atom. The van der Waals surface area contributed by atoms with Gasteiger partial charge in [0.15, 0.2) is 5.82 Å². The van der Waals surface area contributed by atoms with Gasteiger partial charge in [-0.3, -0.25) is 4.79 Å². The lowest BCUT2D eigenvalue weighted by molar-refractivity contribution is -0.125. The number of carbonyl (C=O) groups excluding carboxylic acids is 1. The molecule has 3 aromatic rings. The molecule has 0 aliphatic carbocycles. The van der Waals surface area contributed by atoms with E-state index in [1.54, 1.807) is 7.11 Å². The lowest BCUT2D eigenvalue weighted by Crippen LogP contribution is -2.41. The zero-order valence-corrected chi connectivity index (χ0v) is 18.8. The van der Waals surface area contributed by atoms with Crippen molar-refractivity contribution in [2.24, 2.45) is 5.92 Å². The quantitative estimate of drug-likeness (QED) is 0.613. The van der Waals surface area contributed by atoms with E-state index in [4.69, 9.17) is 4.74 Å². The van der Waals surface area contributed by atoms with Gasteiger partial charge in [0.2, 0.25) is 5.91 Å². The minimum absolute atomic E-state index is 0.0516. The first-order chi connectivity index (χ1) is 15.6. The Bertz CT molecular complexity index is 1040. The zero-order valence-electron chi connectivity index (χ0n) is 18.8. The molecular formula is C26H30N4O2. The SMILES string of the molecule is COc1cccc(CCNC(=O)C2CCN(c3ccc(-c4ccccc4C)nn3)CC2)c1. The number of amides is 1. The fourth-order valence-corrected chi connectivity index (χ4v) is 4.17. The van der Waals surface area contributed by atoms with Crippen LogP contribution in [0, 0.1) is 12.8 Å². The highest BCUT2D eigenvalue weighted by molar-refractivity contribution is 5.79. The number of aromatic nitrogens is 2. The second-order valence-electron chi connectivity index (χ2n) is 8.25. The van der Waals surface area contributed by atoms with Crippen LogP contribution in [0.2, 0.25) is 0 Å². The Balaban J connectivity index is 1.25. The molecule has 0 radical (unpaired) electrons. The van der Waals surface area contributed by atoms with Crippen LogP contribution in [0.1, 0.15) is 24.0 Å². The van der Waals surface area contributed by atoms with Gasteiger partial charge in [-0.15, -0.1) is 10.2 Å². The molecule has 1 aliphatic rings. The molecule has 1 saturated heterocycles. The molecule has 2 heterocycles. The number of aryl methyl sites for hydroxylation is 1. The summed E-state index contributed by atoms with van der Waals surface area (Å²) in [6, 6.07) is 20.2. The van der Waals surface area contributed by atoms with Gasteiger partial charge in [0.1, 0.15) is 5.75 Å². The van der Waals surface area contributed by atoms with Crippen LogP contribution >= 0.6 is 0 Å². The maximum Gasteiger partial charge on any atom is 0.223 e. The Morgan fingerprint density at radius 2 is 1.88 bits per heavy atom. The monoisotopic (exact) mass is 430 g/mol. The average Bonchev–Trinajstić information content (AvgIpc) is 2.85. The van der Waals surface area contributed by atoms with E-state index in [1.165, 1.54) is 5.56 Å². The van der Waals surface area contributed by atoms with E-state index in [1.807, 2.05) is 42.5 Å². The minimum Gasteiger partial charge on any atom is -0.497 e. The van der Waals surface area contributed by atoms with Crippen molar-refractivity contribution in [3.05, 3.63) is 71.8 Å². The number of rotatable bonds is 7. The van der Waals surface area contributed by atoms with Gasteiger partial charge in [-0.2, -0.15) is 0 Å². The summed E-state index contributed by atoms with van der Waals surface area (Å²) in [5.74, 6) is 1.92. The highest BCUT2D eigenvalue weighted by Gasteiger charge is 2.25. The number of nitrogens with one attached hydrogen (secondary N) is 1. The summed E-state index contributed by atoms with van der Waals surface area (Å²) >= 11 is 0. The van der Waals surface area contributed by atoms with Gasteiger partial charge < -0.3 is 15.0 Å². The Morgan fingerprint density at radius 3 is 2.59 bits per heavy atom. The first-order valence-corrected chi connectivity index (χ1v) is 11.2. The van der Waals surface area contributed by atoms with Gasteiger partial charge in [-0.1, -0.05) is 36.4 Å². The van der Waals surface area contributed by atoms with Gasteiger partial charge >= 0.3 is 0 Å². The molecule has 1 fully saturated rings. The number of piperidine rings is 1. The minimum atomic E-state index is 0.0516. The third-order valence-electron chi connectivity index (χ3n) is 6.11. The fourth-order valence-electron chi connectivity index (χ4n) is 4.17. The molecule has 1 aliphatic heterocycles. The van der Waals surface area contributed by atoms with Crippen molar-refractivity contribution in [1.29, 1.82) is 0 Å². The van der Waals surface area contributed by atoms with Crippen molar-refractivity contribution < 1.29 is 9.53 Å². The molecule has 0 bridgehead atoms. The molecule has 6 nitrogen and oxygen atoms in total. The summed E-state index contributed by atoms with van der Waals surface area (Å²) in [6.45, 7) is 4.34. The van der Waals surface area contributed by atoms with E-state index in [0.29, 0.717) is 6.54 Å². The van der Waals surface area contributed by atoms with Crippen LogP contribution in [0.5, 0.6) is 5.75 Å². The largest absolute Gasteiger partial charge is 0.497 e. The van der Waals surface area contributed by atoms with Gasteiger partial charge in [0.05, 0.1) is 12.8 Å². The van der Waals surface area contributed by atoms with Crippen molar-refractivity contribution in [3.8, 4) is 17.0 Å². The molecule has 0 unspecified atom stereocenters. The molecular weight excluding hydrogens is 400 g/mol. The van der Waals surface area contributed by atoms with E-state index < -0.39 is 0 Å². The number of hydrogen-bond acceptors (Lipinski definition) is 5. The summed E-state index contributed by atoms with van der Waals surface area (Å²) < 4.78 is 5.26. The van der Waals surface area contributed by atoms with Crippen LogP contribution in [-0.4, -0.2) is 42.8 Å². The molecule has 1 N–H and O–H groups in total. The number of anilines is 1. The normalized spacial score (nSPS) is 14.2. The third-order valence-corrected chi connectivity index (χ3v) is 6.11. The summed E-state index contributed by atoms with van der Waals surface area (Å²) in [7, 11) is 1.66. The van der Waals surface area contributed by atoms with E-state index >= 15 is 0 Å². The Hall–Kier alpha value is -3.41. The average molecular weight is 431 g/mol. The van der Waals surface area contributed by atoms with Gasteiger partial charge in [0, 0.05) is 31.1 Å². The summed E-state index contributed by atoms with van der Waals surface area (Å²) in [5, 5.41) is 12.0. The standard InChI is InChI=1S/C26H30N4O2/c1-19-6-3-4-9-23(19)24-10-11-25(29-28-24)30-16-13-21(14-17-30)26(31)27-15-12-20-7-5-8-22(18-20)32-2/h3-11,18,21H,12-17H2,1-2H3,(H,27,31). The molecule has 6 heteroatoms. The van der Waals surface area contributed by atoms with Crippen molar-refractivity contribution in [2.75, 3.05) is 31.6 Å². The number of ether oxygens (including phenoxy) is 1. The van der Waals surface area contributed by atoms with Crippen LogP contribution in [0.15, 0.2) is 60.7 Å². The number of nitrogens with zero attached hydrogens (tertiary/aromatic N) is 3. The van der Waals surface area contributed by atoms with Crippen molar-refractivity contribution in [3.63, 3.8) is 0 Å². The second kappa shape index (κ2) is 10.3. The maximum atomic E-state index is 12.6. The number of benzene rings is 2. The van der Waals surface area contributed by atoms with Gasteiger partial charge in [-0.05, 0) is 61.6 Å². The smallest absolute Gasteiger partial charge is 0.223 e. The molecule has 0 atom stereocenters. The highest BCUT2D eigenvalue weighted by atomic mass is 16.5. The van der Waals surface area contributed by atoms with E-state index in [-0.39, 0.29) is 11.8 Å². The maximum absolute atomic E-state index is 12.6. The molecule has 0 spiro atoms. The first-order valence-electron chi connectivity index (χ1n) is 11.2. The van der Waals surface area contributed by atoms with Gasteiger partial charge in [-0.25, -0.2) is 0 Å². The molecule has 1 amide bonds. The molecule has 2 aromatic carbocycles. The number of carbonyl (C=O) groups is 1. The van der Waals surface area contributed by atoms with Crippen LogP contribution < -0.4 is 15.0 Å². The number of methoxy groups -OCH3 is 1. The van der Waals surface area contributed by atoms with E-state index in [2.05, 4.69) is 45.5 Å². The van der Waals surface area contributed by atoms with E-state index in [9.17, 15) is 4.79 Å². The Labute approximate surface area is 189 Å². The van der Waals surface area contributed by atoms with Crippen molar-refractivity contribution in [2.45, 2.75) is 26.2 Å². The summed E-state index contributed by atoms with van der Waals surface area (Å²) in [6.07, 6.45) is 2.45. The topological polar surface area (TPSA) is 67.3 Å². The van der Waals surface area contributed by atoms with Crippen molar-refractivity contribution >= 4 is 11.7 Å². The van der Waals surface area contributed by atoms with Crippen LogP contribution in [0.3, 0.4) is 0 Å². The molecule has 32 heavy (non-hydrogen) atoms.